The molecule has 1 aromatic carbocycles. The summed E-state index contributed by atoms with van der Waals surface area (Å²) in [6, 6.07) is 10.2. The molecule has 0 aliphatic heterocycles. The molecule has 1 N–H and O–H groups in total. The van der Waals surface area contributed by atoms with Gasteiger partial charge in [0.15, 0.2) is 0 Å². The van der Waals surface area contributed by atoms with Crippen LogP contribution in [0.15, 0.2) is 48.9 Å². The van der Waals surface area contributed by atoms with Crippen LogP contribution >= 0.6 is 0 Å². The molecule has 0 atom stereocenters. The molecule has 0 fully saturated rings. The molecule has 3 heteroatoms. The first kappa shape index (κ1) is 7.38. The zero-order valence-electron chi connectivity index (χ0n) is 7.51. The fourth-order valence-corrected chi connectivity index (χ4v) is 1.60. The van der Waals surface area contributed by atoms with Crippen molar-refractivity contribution in [3.05, 3.63) is 48.9 Å². The molecule has 0 amide bonds. The molecule has 2 aromatic heterocycles. The van der Waals surface area contributed by atoms with Crippen LogP contribution in [0.3, 0.4) is 0 Å². The van der Waals surface area contributed by atoms with E-state index in [2.05, 4.69) is 34.3 Å². The second-order valence-corrected chi connectivity index (χ2v) is 3.20. The monoisotopic (exact) mass is 183 g/mol. The van der Waals surface area contributed by atoms with E-state index in [9.17, 15) is 0 Å². The average Bonchev–Trinajstić information content (AvgIpc) is 2.88. The number of hydrogen-bond donors (Lipinski definition) is 1. The summed E-state index contributed by atoms with van der Waals surface area (Å²) in [5.74, 6) is 0. The van der Waals surface area contributed by atoms with Crippen LogP contribution in [0.25, 0.3) is 16.6 Å². The number of H-pyrrole nitrogens is 1. The summed E-state index contributed by atoms with van der Waals surface area (Å²) in [6.07, 6.45) is 5.65. The van der Waals surface area contributed by atoms with Crippen molar-refractivity contribution < 1.29 is 0 Å². The van der Waals surface area contributed by atoms with Crippen LogP contribution in [0.4, 0.5) is 0 Å². The quantitative estimate of drug-likeness (QED) is 0.617. The molecule has 14 heavy (non-hydrogen) atoms. The molecule has 0 aliphatic carbocycles. The summed E-state index contributed by atoms with van der Waals surface area (Å²) in [7, 11) is 0. The SMILES string of the molecule is c1cnn(-c2ccc3cc[nH]c3c2)c1. The van der Waals surface area contributed by atoms with Crippen molar-refractivity contribution in [2.75, 3.05) is 0 Å². The van der Waals surface area contributed by atoms with Crippen molar-refractivity contribution >= 4 is 10.9 Å². The molecule has 3 nitrogen and oxygen atoms in total. The van der Waals surface area contributed by atoms with Gasteiger partial charge >= 0.3 is 0 Å². The summed E-state index contributed by atoms with van der Waals surface area (Å²) in [6.45, 7) is 0. The Kier molecular flexibility index (Phi) is 1.44. The van der Waals surface area contributed by atoms with E-state index in [1.165, 1.54) is 5.39 Å². The van der Waals surface area contributed by atoms with Gasteiger partial charge in [-0.05, 0) is 29.7 Å². The maximum atomic E-state index is 4.18. The predicted octanol–water partition coefficient (Wildman–Crippen LogP) is 2.35. The highest BCUT2D eigenvalue weighted by atomic mass is 15.3. The Balaban J connectivity index is 2.23. The number of rotatable bonds is 1. The first-order valence-electron chi connectivity index (χ1n) is 4.51. The molecular weight excluding hydrogens is 174 g/mol. The van der Waals surface area contributed by atoms with Crippen LogP contribution in [-0.2, 0) is 0 Å². The molecule has 0 saturated heterocycles. The van der Waals surface area contributed by atoms with E-state index in [-0.39, 0.29) is 0 Å². The minimum atomic E-state index is 1.07. The highest BCUT2D eigenvalue weighted by Gasteiger charge is 1.98. The Hall–Kier alpha value is -2.03. The van der Waals surface area contributed by atoms with Gasteiger partial charge < -0.3 is 4.98 Å². The van der Waals surface area contributed by atoms with E-state index in [0.29, 0.717) is 0 Å². The lowest BCUT2D eigenvalue weighted by Gasteiger charge is -2.00. The van der Waals surface area contributed by atoms with Gasteiger partial charge in [0.25, 0.3) is 0 Å². The van der Waals surface area contributed by atoms with Crippen LogP contribution in [-0.4, -0.2) is 14.8 Å². The highest BCUT2D eigenvalue weighted by molar-refractivity contribution is 5.81. The third-order valence-electron chi connectivity index (χ3n) is 2.31. The fourth-order valence-electron chi connectivity index (χ4n) is 1.60. The zero-order chi connectivity index (χ0) is 9.38. The largest absolute Gasteiger partial charge is 0.361 e. The number of hydrogen-bond acceptors (Lipinski definition) is 1. The Labute approximate surface area is 81.0 Å². The molecule has 0 spiro atoms. The third kappa shape index (κ3) is 1.03. The third-order valence-corrected chi connectivity index (χ3v) is 2.31. The fraction of sp³-hybridized carbons (Fsp3) is 0. The zero-order valence-corrected chi connectivity index (χ0v) is 7.51. The van der Waals surface area contributed by atoms with Crippen LogP contribution in [0.1, 0.15) is 0 Å². The first-order chi connectivity index (χ1) is 6.93. The molecule has 0 aliphatic rings. The number of nitrogens with zero attached hydrogens (tertiary/aromatic N) is 2. The minimum absolute atomic E-state index is 1.07. The number of aromatic nitrogens is 3. The molecule has 0 saturated carbocycles. The number of benzene rings is 1. The van der Waals surface area contributed by atoms with Gasteiger partial charge in [0.2, 0.25) is 0 Å². The molecule has 0 radical (unpaired) electrons. The Bertz CT molecular complexity index is 549. The van der Waals surface area contributed by atoms with Gasteiger partial charge in [-0.2, -0.15) is 5.10 Å². The second kappa shape index (κ2) is 2.73. The number of nitrogens with one attached hydrogen (secondary N) is 1. The highest BCUT2D eigenvalue weighted by Crippen LogP contribution is 2.16. The maximum absolute atomic E-state index is 4.18. The molecule has 3 rings (SSSR count). The van der Waals surface area contributed by atoms with Crippen LogP contribution in [0.5, 0.6) is 0 Å². The normalized spacial score (nSPS) is 10.9. The van der Waals surface area contributed by atoms with E-state index in [1.54, 1.807) is 6.20 Å². The van der Waals surface area contributed by atoms with Crippen LogP contribution < -0.4 is 0 Å². The molecule has 0 unspecified atom stereocenters. The van der Waals surface area contributed by atoms with E-state index < -0.39 is 0 Å². The summed E-state index contributed by atoms with van der Waals surface area (Å²) in [4.78, 5) is 3.18. The Morgan fingerprint density at radius 3 is 3.07 bits per heavy atom. The average molecular weight is 183 g/mol. The maximum Gasteiger partial charge on any atom is 0.0666 e. The lowest BCUT2D eigenvalue weighted by molar-refractivity contribution is 0.882. The van der Waals surface area contributed by atoms with Crippen molar-refractivity contribution in [2.24, 2.45) is 0 Å². The first-order valence-corrected chi connectivity index (χ1v) is 4.51. The Morgan fingerprint density at radius 1 is 1.21 bits per heavy atom. The van der Waals surface area contributed by atoms with Gasteiger partial charge in [0, 0.05) is 24.1 Å². The summed E-state index contributed by atoms with van der Waals surface area (Å²) in [5, 5.41) is 5.40. The Morgan fingerprint density at radius 2 is 2.21 bits per heavy atom. The van der Waals surface area contributed by atoms with Gasteiger partial charge in [0.1, 0.15) is 0 Å². The smallest absolute Gasteiger partial charge is 0.0666 e. The number of aromatic amines is 1. The van der Waals surface area contributed by atoms with E-state index in [4.69, 9.17) is 0 Å². The number of fused-ring (bicyclic) bond motifs is 1. The minimum Gasteiger partial charge on any atom is -0.361 e. The van der Waals surface area contributed by atoms with E-state index >= 15 is 0 Å². The molecule has 2 heterocycles. The molecule has 0 bridgehead atoms. The van der Waals surface area contributed by atoms with Crippen LogP contribution in [0.2, 0.25) is 0 Å². The van der Waals surface area contributed by atoms with Gasteiger partial charge in [0.05, 0.1) is 5.69 Å². The van der Waals surface area contributed by atoms with Crippen molar-refractivity contribution in [1.29, 1.82) is 0 Å². The molecule has 68 valence electrons. The van der Waals surface area contributed by atoms with Crippen molar-refractivity contribution in [3.63, 3.8) is 0 Å². The van der Waals surface area contributed by atoms with Gasteiger partial charge in [-0.15, -0.1) is 0 Å². The summed E-state index contributed by atoms with van der Waals surface area (Å²) in [5.41, 5.74) is 2.21. The lowest BCUT2D eigenvalue weighted by atomic mass is 10.2. The van der Waals surface area contributed by atoms with E-state index in [1.807, 2.05) is 23.1 Å². The lowest BCUT2D eigenvalue weighted by Crippen LogP contribution is -1.92. The van der Waals surface area contributed by atoms with Crippen molar-refractivity contribution in [3.8, 4) is 5.69 Å². The van der Waals surface area contributed by atoms with Crippen molar-refractivity contribution in [1.82, 2.24) is 14.8 Å². The van der Waals surface area contributed by atoms with Gasteiger partial charge in [-0.25, -0.2) is 4.68 Å². The van der Waals surface area contributed by atoms with Gasteiger partial charge in [-0.1, -0.05) is 6.07 Å². The predicted molar refractivity (Wildman–Crippen MR) is 55.4 cm³/mol. The van der Waals surface area contributed by atoms with Crippen LogP contribution in [0, 0.1) is 0 Å². The summed E-state index contributed by atoms with van der Waals surface area (Å²) >= 11 is 0. The van der Waals surface area contributed by atoms with E-state index in [0.717, 1.165) is 11.2 Å². The van der Waals surface area contributed by atoms with Gasteiger partial charge in [-0.3, -0.25) is 0 Å². The van der Waals surface area contributed by atoms with Crippen molar-refractivity contribution in [2.45, 2.75) is 0 Å². The topological polar surface area (TPSA) is 33.6 Å². The summed E-state index contributed by atoms with van der Waals surface area (Å²) < 4.78 is 1.85. The second-order valence-electron chi connectivity index (χ2n) is 3.20. The molecular formula is C11H9N3. The standard InChI is InChI=1S/C11H9N3/c1-5-13-14(7-1)10-3-2-9-4-6-12-11(9)8-10/h1-8,12H. The molecule has 3 aromatic rings.